The first-order chi connectivity index (χ1) is 8.63. The van der Waals surface area contributed by atoms with E-state index in [1.807, 2.05) is 12.1 Å². The van der Waals surface area contributed by atoms with Crippen molar-refractivity contribution in [3.05, 3.63) is 41.7 Å². The van der Waals surface area contributed by atoms with Gasteiger partial charge in [0.15, 0.2) is 5.78 Å². The Kier molecular flexibility index (Phi) is 3.28. The molecule has 0 N–H and O–H groups in total. The van der Waals surface area contributed by atoms with E-state index in [9.17, 15) is 9.59 Å². The van der Waals surface area contributed by atoms with Gasteiger partial charge >= 0.3 is 5.97 Å². The first-order valence-corrected chi connectivity index (χ1v) is 5.40. The Morgan fingerprint density at radius 3 is 2.72 bits per heavy atom. The summed E-state index contributed by atoms with van der Waals surface area (Å²) in [5.41, 5.74) is 1.47. The number of methoxy groups -OCH3 is 1. The summed E-state index contributed by atoms with van der Waals surface area (Å²) in [6.07, 6.45) is 3.08. The maximum atomic E-state index is 11.5. The van der Waals surface area contributed by atoms with E-state index in [1.54, 1.807) is 18.4 Å². The van der Waals surface area contributed by atoms with E-state index < -0.39 is 5.97 Å². The van der Waals surface area contributed by atoms with Crippen LogP contribution in [0.15, 0.2) is 40.5 Å². The molecule has 0 atom stereocenters. The Morgan fingerprint density at radius 1 is 1.28 bits per heavy atom. The number of ketones is 1. The van der Waals surface area contributed by atoms with Crippen LogP contribution in [0, 0.1) is 0 Å². The zero-order valence-electron chi connectivity index (χ0n) is 10.1. The van der Waals surface area contributed by atoms with Crippen LogP contribution in [0.1, 0.15) is 12.5 Å². The fourth-order valence-electron chi connectivity index (χ4n) is 1.71. The molecule has 0 saturated carbocycles. The van der Waals surface area contributed by atoms with E-state index in [4.69, 9.17) is 4.42 Å². The second kappa shape index (κ2) is 4.87. The van der Waals surface area contributed by atoms with Crippen LogP contribution >= 0.6 is 0 Å². The Hall–Kier alpha value is -2.36. The van der Waals surface area contributed by atoms with Gasteiger partial charge in [0.1, 0.15) is 11.2 Å². The number of esters is 1. The summed E-state index contributed by atoms with van der Waals surface area (Å²) < 4.78 is 9.84. The predicted octanol–water partition coefficient (Wildman–Crippen LogP) is 2.58. The van der Waals surface area contributed by atoms with E-state index in [0.29, 0.717) is 5.58 Å². The highest BCUT2D eigenvalue weighted by Gasteiger charge is 2.15. The minimum Gasteiger partial charge on any atom is -0.465 e. The number of hydrogen-bond donors (Lipinski definition) is 0. The van der Waals surface area contributed by atoms with Crippen molar-refractivity contribution in [2.45, 2.75) is 6.92 Å². The van der Waals surface area contributed by atoms with E-state index in [1.165, 1.54) is 20.1 Å². The second-order valence-electron chi connectivity index (χ2n) is 3.79. The van der Waals surface area contributed by atoms with Gasteiger partial charge in [0, 0.05) is 5.39 Å². The molecule has 92 valence electrons. The molecule has 4 heteroatoms. The smallest absolute Gasteiger partial charge is 0.341 e. The molecule has 0 bridgehead atoms. The van der Waals surface area contributed by atoms with Crippen LogP contribution in [-0.2, 0) is 14.3 Å². The largest absolute Gasteiger partial charge is 0.465 e. The molecular formula is C14H12O4. The quantitative estimate of drug-likeness (QED) is 0.360. The molecule has 18 heavy (non-hydrogen) atoms. The Bertz CT molecular complexity index is 634. The summed E-state index contributed by atoms with van der Waals surface area (Å²) in [5.74, 6) is -0.967. The monoisotopic (exact) mass is 244 g/mol. The molecule has 1 heterocycles. The topological polar surface area (TPSA) is 56.5 Å². The van der Waals surface area contributed by atoms with Crippen LogP contribution in [0.4, 0.5) is 0 Å². The number of ether oxygens (including phenoxy) is 1. The van der Waals surface area contributed by atoms with Crippen LogP contribution in [0.3, 0.4) is 0 Å². The third-order valence-corrected chi connectivity index (χ3v) is 2.61. The maximum Gasteiger partial charge on any atom is 0.341 e. The lowest BCUT2D eigenvalue weighted by molar-refractivity contribution is -0.137. The highest BCUT2D eigenvalue weighted by Crippen LogP contribution is 2.22. The fourth-order valence-corrected chi connectivity index (χ4v) is 1.71. The number of benzene rings is 1. The van der Waals surface area contributed by atoms with Gasteiger partial charge in [-0.1, -0.05) is 12.1 Å². The van der Waals surface area contributed by atoms with Gasteiger partial charge in [-0.05, 0) is 30.7 Å². The van der Waals surface area contributed by atoms with Gasteiger partial charge < -0.3 is 9.15 Å². The zero-order valence-corrected chi connectivity index (χ0v) is 10.1. The van der Waals surface area contributed by atoms with Gasteiger partial charge in [0.25, 0.3) is 0 Å². The van der Waals surface area contributed by atoms with Crippen molar-refractivity contribution in [1.29, 1.82) is 0 Å². The Labute approximate surface area is 104 Å². The summed E-state index contributed by atoms with van der Waals surface area (Å²) in [4.78, 5) is 22.9. The summed E-state index contributed by atoms with van der Waals surface area (Å²) in [6.45, 7) is 1.33. The first-order valence-electron chi connectivity index (χ1n) is 5.40. The van der Waals surface area contributed by atoms with Gasteiger partial charge in [-0.3, -0.25) is 4.79 Å². The minimum atomic E-state index is -0.636. The van der Waals surface area contributed by atoms with Crippen molar-refractivity contribution in [3.63, 3.8) is 0 Å². The molecule has 0 fully saturated rings. The lowest BCUT2D eigenvalue weighted by Gasteiger charge is -2.02. The highest BCUT2D eigenvalue weighted by molar-refractivity contribution is 6.20. The summed E-state index contributed by atoms with van der Waals surface area (Å²) in [7, 11) is 1.25. The number of Topliss-reactive ketones (excluding diaryl/α,β-unsaturated/α-hetero) is 1. The predicted molar refractivity (Wildman–Crippen MR) is 66.9 cm³/mol. The normalized spacial score (nSPS) is 11.6. The molecule has 1 aromatic heterocycles. The highest BCUT2D eigenvalue weighted by atomic mass is 16.5. The molecular weight excluding hydrogens is 232 g/mol. The molecule has 4 nitrogen and oxygen atoms in total. The molecule has 0 unspecified atom stereocenters. The zero-order chi connectivity index (χ0) is 13.1. The van der Waals surface area contributed by atoms with Gasteiger partial charge in [-0.15, -0.1) is 0 Å². The van der Waals surface area contributed by atoms with E-state index >= 15 is 0 Å². The molecule has 1 aromatic carbocycles. The van der Waals surface area contributed by atoms with Crippen molar-refractivity contribution in [2.24, 2.45) is 0 Å². The third-order valence-electron chi connectivity index (χ3n) is 2.61. The molecule has 2 rings (SSSR count). The van der Waals surface area contributed by atoms with Gasteiger partial charge in [0.05, 0.1) is 13.4 Å². The Morgan fingerprint density at radius 2 is 2.06 bits per heavy atom. The van der Waals surface area contributed by atoms with Gasteiger partial charge in [-0.25, -0.2) is 4.79 Å². The average molecular weight is 244 g/mol. The number of fused-ring (bicyclic) bond motifs is 1. The number of carbonyl (C=O) groups excluding carboxylic acids is 2. The third kappa shape index (κ3) is 2.18. The number of rotatable bonds is 3. The lowest BCUT2D eigenvalue weighted by Crippen LogP contribution is -2.11. The van der Waals surface area contributed by atoms with Crippen LogP contribution in [-0.4, -0.2) is 18.9 Å². The molecule has 2 aromatic rings. The molecule has 0 aliphatic rings. The fraction of sp³-hybridized carbons (Fsp3) is 0.143. The lowest BCUT2D eigenvalue weighted by atomic mass is 10.0. The van der Waals surface area contributed by atoms with E-state index in [0.717, 1.165) is 10.9 Å². The SMILES string of the molecule is COC(=O)C(=Cc1cccc2occc12)C(C)=O. The van der Waals surface area contributed by atoms with Crippen molar-refractivity contribution in [2.75, 3.05) is 7.11 Å². The maximum absolute atomic E-state index is 11.5. The summed E-state index contributed by atoms with van der Waals surface area (Å²) in [5, 5.41) is 0.847. The van der Waals surface area contributed by atoms with E-state index in [2.05, 4.69) is 4.74 Å². The van der Waals surface area contributed by atoms with Crippen LogP contribution in [0.25, 0.3) is 17.0 Å². The first kappa shape index (κ1) is 12.1. The molecule has 0 aliphatic heterocycles. The molecule has 0 saturated heterocycles. The molecule has 0 amide bonds. The van der Waals surface area contributed by atoms with Crippen LogP contribution in [0.2, 0.25) is 0 Å². The number of hydrogen-bond acceptors (Lipinski definition) is 4. The standard InChI is InChI=1S/C14H12O4/c1-9(15)12(14(16)17-2)8-10-4-3-5-13-11(10)6-7-18-13/h3-8H,1-2H3. The summed E-state index contributed by atoms with van der Waals surface area (Å²) >= 11 is 0. The molecule has 0 spiro atoms. The van der Waals surface area contributed by atoms with Crippen LogP contribution in [0.5, 0.6) is 0 Å². The van der Waals surface area contributed by atoms with Crippen molar-refractivity contribution < 1.29 is 18.7 Å². The van der Waals surface area contributed by atoms with Crippen molar-refractivity contribution in [1.82, 2.24) is 0 Å². The number of furan rings is 1. The average Bonchev–Trinajstić information content (AvgIpc) is 2.83. The second-order valence-corrected chi connectivity index (χ2v) is 3.79. The van der Waals surface area contributed by atoms with Crippen molar-refractivity contribution in [3.8, 4) is 0 Å². The van der Waals surface area contributed by atoms with Gasteiger partial charge in [-0.2, -0.15) is 0 Å². The Balaban J connectivity index is 2.56. The van der Waals surface area contributed by atoms with Gasteiger partial charge in [0.2, 0.25) is 0 Å². The van der Waals surface area contributed by atoms with Crippen molar-refractivity contribution >= 4 is 28.8 Å². The molecule has 0 radical (unpaired) electrons. The summed E-state index contributed by atoms with van der Waals surface area (Å²) in [6, 6.07) is 7.21. The number of carbonyl (C=O) groups is 2. The minimum absolute atomic E-state index is 0.0196. The van der Waals surface area contributed by atoms with E-state index in [-0.39, 0.29) is 11.4 Å². The van der Waals surface area contributed by atoms with Crippen LogP contribution < -0.4 is 0 Å². The molecule has 0 aliphatic carbocycles.